The van der Waals surface area contributed by atoms with E-state index >= 15 is 0 Å². The number of rotatable bonds is 11. The van der Waals surface area contributed by atoms with Gasteiger partial charge in [0.05, 0.1) is 12.6 Å². The van der Waals surface area contributed by atoms with Crippen LogP contribution >= 0.6 is 0 Å². The van der Waals surface area contributed by atoms with Crippen molar-refractivity contribution in [2.45, 2.75) is 37.6 Å². The largest absolute Gasteiger partial charge is 0.482 e. The highest BCUT2D eigenvalue weighted by molar-refractivity contribution is 5.68. The Morgan fingerprint density at radius 3 is 2.82 bits per heavy atom. The molecular weight excluding hydrogens is 428 g/mol. The van der Waals surface area contributed by atoms with Gasteiger partial charge in [0.2, 0.25) is 0 Å². The molecule has 1 aromatic heterocycles. The number of allylic oxidation sites excluding steroid dienone is 1. The molecule has 0 saturated carbocycles. The number of carboxylic acids is 1. The van der Waals surface area contributed by atoms with Crippen molar-refractivity contribution >= 4 is 5.97 Å². The topological polar surface area (TPSA) is 80.7 Å². The van der Waals surface area contributed by atoms with Gasteiger partial charge in [-0.15, -0.1) is 0 Å². The number of carboxylic acid groups (broad SMARTS) is 1. The first-order chi connectivity index (χ1) is 16.7. The molecule has 2 aromatic carbocycles. The number of benzene rings is 2. The van der Waals surface area contributed by atoms with Crippen molar-refractivity contribution in [3.05, 3.63) is 107 Å². The van der Waals surface area contributed by atoms with E-state index in [2.05, 4.69) is 40.8 Å². The summed E-state index contributed by atoms with van der Waals surface area (Å²) in [6, 6.07) is 20.2. The zero-order chi connectivity index (χ0) is 23.6. The van der Waals surface area contributed by atoms with Gasteiger partial charge in [-0.25, -0.2) is 4.79 Å². The number of ether oxygens (including phenoxy) is 1. The normalized spacial score (nSPS) is 16.2. The van der Waals surface area contributed by atoms with Crippen LogP contribution in [0.1, 0.15) is 47.1 Å². The molecule has 6 nitrogen and oxygen atoms in total. The summed E-state index contributed by atoms with van der Waals surface area (Å²) in [5, 5.41) is 8.93. The van der Waals surface area contributed by atoms with Crippen molar-refractivity contribution in [1.29, 1.82) is 0 Å². The van der Waals surface area contributed by atoms with Gasteiger partial charge in [-0.3, -0.25) is 9.82 Å². The van der Waals surface area contributed by atoms with Crippen LogP contribution < -0.4 is 10.2 Å². The van der Waals surface area contributed by atoms with Crippen molar-refractivity contribution in [3.63, 3.8) is 0 Å². The Hall–Kier alpha value is -3.48. The van der Waals surface area contributed by atoms with Crippen LogP contribution in [-0.2, 0) is 22.5 Å². The van der Waals surface area contributed by atoms with Crippen LogP contribution in [0, 0.1) is 0 Å². The minimum Gasteiger partial charge on any atom is -0.482 e. The van der Waals surface area contributed by atoms with Crippen molar-refractivity contribution in [2.75, 3.05) is 13.2 Å². The molecule has 0 bridgehead atoms. The van der Waals surface area contributed by atoms with E-state index in [9.17, 15) is 4.79 Å². The number of carbonyl (C=O) groups is 1. The van der Waals surface area contributed by atoms with Gasteiger partial charge in [-0.2, -0.15) is 5.48 Å². The maximum absolute atomic E-state index is 10.9. The molecule has 0 fully saturated rings. The molecule has 2 unspecified atom stereocenters. The monoisotopic (exact) mass is 458 g/mol. The molecule has 34 heavy (non-hydrogen) atoms. The summed E-state index contributed by atoms with van der Waals surface area (Å²) < 4.78 is 5.51. The summed E-state index contributed by atoms with van der Waals surface area (Å²) in [7, 11) is 0. The van der Waals surface area contributed by atoms with Crippen LogP contribution in [-0.4, -0.2) is 29.3 Å². The van der Waals surface area contributed by atoms with Gasteiger partial charge < -0.3 is 9.84 Å². The molecule has 4 rings (SSSR count). The highest BCUT2D eigenvalue weighted by Gasteiger charge is 2.21. The molecule has 2 atom stereocenters. The molecule has 6 heteroatoms. The van der Waals surface area contributed by atoms with Crippen molar-refractivity contribution in [2.24, 2.45) is 0 Å². The number of hydrogen-bond acceptors (Lipinski definition) is 5. The van der Waals surface area contributed by atoms with E-state index in [1.54, 1.807) is 6.20 Å². The number of nitrogens with zero attached hydrogens (tertiary/aromatic N) is 1. The van der Waals surface area contributed by atoms with E-state index in [4.69, 9.17) is 14.7 Å². The molecule has 0 aliphatic heterocycles. The summed E-state index contributed by atoms with van der Waals surface area (Å²) in [5.41, 5.74) is 7.83. The zero-order valence-corrected chi connectivity index (χ0v) is 19.1. The summed E-state index contributed by atoms with van der Waals surface area (Å²) in [6.45, 7) is 0.115. The molecule has 1 heterocycles. The number of hydroxylamine groups is 1. The third-order valence-electron chi connectivity index (χ3n) is 6.00. The molecule has 1 aliphatic carbocycles. The van der Waals surface area contributed by atoms with Crippen LogP contribution in [0.2, 0.25) is 0 Å². The van der Waals surface area contributed by atoms with Crippen LogP contribution in [0.15, 0.2) is 85.2 Å². The van der Waals surface area contributed by atoms with E-state index in [1.165, 1.54) is 11.1 Å². The van der Waals surface area contributed by atoms with Gasteiger partial charge in [0.25, 0.3) is 0 Å². The first-order valence-corrected chi connectivity index (χ1v) is 11.6. The van der Waals surface area contributed by atoms with Crippen molar-refractivity contribution in [1.82, 2.24) is 10.5 Å². The Balaban J connectivity index is 1.35. The average molecular weight is 459 g/mol. The molecule has 0 amide bonds. The van der Waals surface area contributed by atoms with Crippen LogP contribution in [0.5, 0.6) is 5.75 Å². The predicted molar refractivity (Wildman–Crippen MR) is 131 cm³/mol. The Kier molecular flexibility index (Phi) is 8.43. The Morgan fingerprint density at radius 2 is 2.03 bits per heavy atom. The van der Waals surface area contributed by atoms with Gasteiger partial charge in [0.1, 0.15) is 5.75 Å². The zero-order valence-electron chi connectivity index (χ0n) is 19.1. The first-order valence-electron chi connectivity index (χ1n) is 11.6. The smallest absolute Gasteiger partial charge is 0.341 e. The van der Waals surface area contributed by atoms with Crippen LogP contribution in [0.25, 0.3) is 0 Å². The third-order valence-corrected chi connectivity index (χ3v) is 6.00. The number of pyridine rings is 1. The molecule has 0 saturated heterocycles. The molecule has 0 radical (unpaired) electrons. The lowest BCUT2D eigenvalue weighted by atomic mass is 9.82. The van der Waals surface area contributed by atoms with E-state index in [1.807, 2.05) is 48.7 Å². The summed E-state index contributed by atoms with van der Waals surface area (Å²) in [4.78, 5) is 21.0. The second-order valence-corrected chi connectivity index (χ2v) is 8.39. The maximum atomic E-state index is 10.9. The van der Waals surface area contributed by atoms with Crippen LogP contribution in [0.4, 0.5) is 0 Å². The summed E-state index contributed by atoms with van der Waals surface area (Å²) in [5.74, 6) is -0.0262. The second-order valence-electron chi connectivity index (χ2n) is 8.39. The van der Waals surface area contributed by atoms with E-state index in [0.29, 0.717) is 12.4 Å². The summed E-state index contributed by atoms with van der Waals surface area (Å²) >= 11 is 0. The standard InChI is InChI=1S/C28H30N2O4/c31-28(32)20-33-27-15-5-13-24-22(10-4-14-25(24)27)12-7-17-34-30-26(23-11-6-16-29-19-23)18-21-8-2-1-3-9-21/h1-3,5-9,11-13,15-16,19,22,26,30H,4,10,14,17-18,20H2,(H,31,32)/b12-7+. The van der Waals surface area contributed by atoms with Gasteiger partial charge in [0, 0.05) is 18.3 Å². The molecule has 0 spiro atoms. The number of hydrogen-bond donors (Lipinski definition) is 2. The Labute approximate surface area is 200 Å². The van der Waals surface area contributed by atoms with Crippen molar-refractivity contribution in [3.8, 4) is 5.75 Å². The first kappa shape index (κ1) is 23.7. The average Bonchev–Trinajstić information content (AvgIpc) is 2.87. The van der Waals surface area contributed by atoms with Gasteiger partial charge in [-0.05, 0) is 60.1 Å². The van der Waals surface area contributed by atoms with Gasteiger partial charge in [0.15, 0.2) is 6.61 Å². The lowest BCUT2D eigenvalue weighted by Gasteiger charge is -2.25. The number of fused-ring (bicyclic) bond motifs is 1. The highest BCUT2D eigenvalue weighted by atomic mass is 16.6. The minimum absolute atomic E-state index is 0.00570. The molecular formula is C28H30N2O4. The molecule has 1 aliphatic rings. The fraction of sp³-hybridized carbons (Fsp3) is 0.286. The number of aromatic nitrogens is 1. The third kappa shape index (κ3) is 6.53. The maximum Gasteiger partial charge on any atom is 0.341 e. The number of nitrogens with one attached hydrogen (secondary N) is 1. The van der Waals surface area contributed by atoms with E-state index in [-0.39, 0.29) is 18.6 Å². The molecule has 3 aromatic rings. The minimum atomic E-state index is -0.966. The SMILES string of the molecule is O=C(O)COc1cccc2c1CCCC2/C=C/CONC(Cc1ccccc1)c1cccnc1. The fourth-order valence-corrected chi connectivity index (χ4v) is 4.40. The molecule has 176 valence electrons. The quantitative estimate of drug-likeness (QED) is 0.238. The Morgan fingerprint density at radius 1 is 1.15 bits per heavy atom. The van der Waals surface area contributed by atoms with Crippen molar-refractivity contribution < 1.29 is 19.5 Å². The molecule has 2 N–H and O–H groups in total. The highest BCUT2D eigenvalue weighted by Crippen LogP contribution is 2.37. The van der Waals surface area contributed by atoms with E-state index < -0.39 is 5.97 Å². The summed E-state index contributed by atoms with van der Waals surface area (Å²) in [6.07, 6.45) is 11.6. The van der Waals surface area contributed by atoms with Gasteiger partial charge >= 0.3 is 5.97 Å². The lowest BCUT2D eigenvalue weighted by molar-refractivity contribution is -0.139. The van der Waals surface area contributed by atoms with Crippen LogP contribution in [0.3, 0.4) is 0 Å². The fourth-order valence-electron chi connectivity index (χ4n) is 4.40. The number of aliphatic carboxylic acids is 1. The van der Waals surface area contributed by atoms with E-state index in [0.717, 1.165) is 36.8 Å². The Bertz CT molecular complexity index is 1090. The predicted octanol–water partition coefficient (Wildman–Crippen LogP) is 5.03. The second kappa shape index (κ2) is 12.1. The van der Waals surface area contributed by atoms with Gasteiger partial charge in [-0.1, -0.05) is 60.7 Å². The lowest BCUT2D eigenvalue weighted by Crippen LogP contribution is -2.24.